The van der Waals surface area contributed by atoms with Crippen molar-refractivity contribution in [1.29, 1.82) is 0 Å². The van der Waals surface area contributed by atoms with Gasteiger partial charge in [-0.3, -0.25) is 0 Å². The molecular formula is C9H18O10S2. The number of hydrogen-bond donors (Lipinski definition) is 2. The highest BCUT2D eigenvalue weighted by molar-refractivity contribution is 7.86. The zero-order chi connectivity index (χ0) is 16.5. The summed E-state index contributed by atoms with van der Waals surface area (Å²) in [6.07, 6.45) is -0.413. The monoisotopic (exact) mass is 350 g/mol. The molecule has 2 N–H and O–H groups in total. The van der Waals surface area contributed by atoms with E-state index in [2.05, 4.69) is 8.37 Å². The zero-order valence-electron chi connectivity index (χ0n) is 11.7. The summed E-state index contributed by atoms with van der Waals surface area (Å²) in [5, 5.41) is 19.0. The van der Waals surface area contributed by atoms with Crippen LogP contribution < -0.4 is 0 Å². The highest BCUT2D eigenvalue weighted by Gasteiger charge is 2.54. The number of aliphatic hydroxyl groups excluding tert-OH is 1. The van der Waals surface area contributed by atoms with Gasteiger partial charge in [-0.2, -0.15) is 16.8 Å². The molecule has 0 aromatic rings. The van der Waals surface area contributed by atoms with E-state index >= 15 is 0 Å². The minimum Gasteiger partial charge on any atom is -0.396 e. The lowest BCUT2D eigenvalue weighted by atomic mass is 10.1. The van der Waals surface area contributed by atoms with E-state index in [0.29, 0.717) is 12.5 Å². The second kappa shape index (κ2) is 6.04. The molecule has 0 unspecified atom stereocenters. The summed E-state index contributed by atoms with van der Waals surface area (Å²) in [4.78, 5) is 0. The van der Waals surface area contributed by atoms with Gasteiger partial charge in [-0.1, -0.05) is 0 Å². The van der Waals surface area contributed by atoms with Crippen molar-refractivity contribution in [3.8, 4) is 0 Å². The van der Waals surface area contributed by atoms with Gasteiger partial charge >= 0.3 is 5.97 Å². The summed E-state index contributed by atoms with van der Waals surface area (Å²) in [7, 11) is -8.50. The van der Waals surface area contributed by atoms with Gasteiger partial charge in [0.2, 0.25) is 0 Å². The zero-order valence-corrected chi connectivity index (χ0v) is 13.3. The number of aliphatic hydroxyl groups is 2. The second-order valence-electron chi connectivity index (χ2n) is 4.65. The Labute approximate surface area is 122 Å². The summed E-state index contributed by atoms with van der Waals surface area (Å²) < 4.78 is 63.6. The van der Waals surface area contributed by atoms with Crippen LogP contribution in [0.3, 0.4) is 0 Å². The van der Waals surface area contributed by atoms with Crippen molar-refractivity contribution in [1.82, 2.24) is 0 Å². The van der Waals surface area contributed by atoms with Gasteiger partial charge in [0.25, 0.3) is 20.2 Å². The number of rotatable bonds is 8. The van der Waals surface area contributed by atoms with Crippen LogP contribution in [0.2, 0.25) is 0 Å². The fourth-order valence-corrected chi connectivity index (χ4v) is 3.14. The maximum Gasteiger partial charge on any atom is 0.315 e. The summed E-state index contributed by atoms with van der Waals surface area (Å²) >= 11 is 0. The number of hydrogen-bond acceptors (Lipinski definition) is 10. The van der Waals surface area contributed by atoms with Gasteiger partial charge in [0.15, 0.2) is 12.1 Å². The third-order valence-corrected chi connectivity index (χ3v) is 3.44. The van der Waals surface area contributed by atoms with E-state index in [0.717, 1.165) is 0 Å². The molecule has 1 saturated heterocycles. The van der Waals surface area contributed by atoms with Crippen LogP contribution in [0.15, 0.2) is 0 Å². The molecule has 0 aromatic heterocycles. The molecule has 0 aromatic carbocycles. The Morgan fingerprint density at radius 2 is 1.57 bits per heavy atom. The molecule has 10 nitrogen and oxygen atoms in total. The molecule has 126 valence electrons. The van der Waals surface area contributed by atoms with Crippen LogP contribution >= 0.6 is 0 Å². The van der Waals surface area contributed by atoms with Gasteiger partial charge < -0.3 is 19.7 Å². The summed E-state index contributed by atoms with van der Waals surface area (Å²) in [5.74, 6) is -4.66. The van der Waals surface area contributed by atoms with Crippen molar-refractivity contribution in [2.75, 3.05) is 19.1 Å². The Kier molecular flexibility index (Phi) is 5.38. The third kappa shape index (κ3) is 6.12. The standard InChI is InChI=1S/C9H18O10S2/c1-7-16-8(17-7,4-5-10)6-9(11,18-20(2,12)13)19-21(3,14)15/h7,10-11H,4-6H2,1-3H3. The Morgan fingerprint density at radius 1 is 1.14 bits per heavy atom. The molecule has 12 heteroatoms. The van der Waals surface area contributed by atoms with E-state index < -0.39 is 51.3 Å². The van der Waals surface area contributed by atoms with E-state index in [1.165, 1.54) is 6.92 Å². The minimum absolute atomic E-state index is 0.153. The lowest BCUT2D eigenvalue weighted by Crippen LogP contribution is -2.58. The molecule has 0 atom stereocenters. The predicted molar refractivity (Wildman–Crippen MR) is 67.5 cm³/mol. The van der Waals surface area contributed by atoms with Crippen LogP contribution in [0.25, 0.3) is 0 Å². The first-order valence-corrected chi connectivity index (χ1v) is 9.42. The topological polar surface area (TPSA) is 146 Å². The fourth-order valence-electron chi connectivity index (χ4n) is 1.96. The molecule has 21 heavy (non-hydrogen) atoms. The Hall–Kier alpha value is -0.340. The SMILES string of the molecule is CC1OC(CCO)(CC(O)(OS(C)(=O)=O)OS(C)(=O)=O)O1. The van der Waals surface area contributed by atoms with Gasteiger partial charge in [-0.25, -0.2) is 8.37 Å². The average Bonchev–Trinajstić information content (AvgIpc) is 2.07. The van der Waals surface area contributed by atoms with Crippen molar-refractivity contribution in [2.24, 2.45) is 0 Å². The molecule has 1 aliphatic heterocycles. The molecule has 0 radical (unpaired) electrons. The van der Waals surface area contributed by atoms with Crippen molar-refractivity contribution in [2.45, 2.75) is 37.8 Å². The summed E-state index contributed by atoms with van der Waals surface area (Å²) in [6.45, 7) is 1.10. The van der Waals surface area contributed by atoms with Crippen LogP contribution in [0.4, 0.5) is 0 Å². The van der Waals surface area contributed by atoms with Crippen LogP contribution in [0.5, 0.6) is 0 Å². The first-order chi connectivity index (χ1) is 9.28. The average molecular weight is 350 g/mol. The largest absolute Gasteiger partial charge is 0.396 e. The van der Waals surface area contributed by atoms with Gasteiger partial charge in [0.05, 0.1) is 18.9 Å². The van der Waals surface area contributed by atoms with E-state index in [-0.39, 0.29) is 6.42 Å². The molecule has 0 spiro atoms. The number of ether oxygens (including phenoxy) is 2. The van der Waals surface area contributed by atoms with Crippen molar-refractivity contribution in [3.05, 3.63) is 0 Å². The molecule has 1 heterocycles. The lowest BCUT2D eigenvalue weighted by Gasteiger charge is -2.48. The van der Waals surface area contributed by atoms with E-state index in [1.807, 2.05) is 0 Å². The fraction of sp³-hybridized carbons (Fsp3) is 1.00. The maximum atomic E-state index is 11.2. The highest BCUT2D eigenvalue weighted by atomic mass is 32.2. The van der Waals surface area contributed by atoms with Crippen molar-refractivity contribution >= 4 is 20.2 Å². The maximum absolute atomic E-state index is 11.2. The van der Waals surface area contributed by atoms with Crippen molar-refractivity contribution in [3.63, 3.8) is 0 Å². The van der Waals surface area contributed by atoms with Crippen LogP contribution in [0, 0.1) is 0 Å². The quantitative estimate of drug-likeness (QED) is 0.389. The second-order valence-corrected chi connectivity index (χ2v) is 7.80. The molecule has 1 rings (SSSR count). The Morgan fingerprint density at radius 3 is 1.86 bits per heavy atom. The van der Waals surface area contributed by atoms with Gasteiger partial charge in [-0.15, -0.1) is 0 Å². The van der Waals surface area contributed by atoms with Gasteiger partial charge in [0, 0.05) is 13.0 Å². The molecule has 0 amide bonds. The molecule has 1 aliphatic rings. The van der Waals surface area contributed by atoms with Gasteiger partial charge in [-0.05, 0) is 6.92 Å². The van der Waals surface area contributed by atoms with E-state index in [9.17, 15) is 21.9 Å². The summed E-state index contributed by atoms with van der Waals surface area (Å²) in [6, 6.07) is 0. The summed E-state index contributed by atoms with van der Waals surface area (Å²) in [5.41, 5.74) is 0. The molecule has 0 bridgehead atoms. The predicted octanol–water partition coefficient (Wildman–Crippen LogP) is -1.55. The first kappa shape index (κ1) is 18.7. The molecular weight excluding hydrogens is 332 g/mol. The molecule has 0 aliphatic carbocycles. The first-order valence-electron chi connectivity index (χ1n) is 5.78. The smallest absolute Gasteiger partial charge is 0.315 e. The Balaban J connectivity index is 3.01. The lowest BCUT2D eigenvalue weighted by molar-refractivity contribution is -0.473. The Bertz CT molecular complexity index is 520. The minimum atomic E-state index is -4.25. The molecule has 0 saturated carbocycles. The highest BCUT2D eigenvalue weighted by Crippen LogP contribution is 2.40. The van der Waals surface area contributed by atoms with Gasteiger partial charge in [0.1, 0.15) is 0 Å². The van der Waals surface area contributed by atoms with Crippen LogP contribution in [0.1, 0.15) is 19.8 Å². The van der Waals surface area contributed by atoms with Crippen molar-refractivity contribution < 1.29 is 44.9 Å². The molecule has 1 fully saturated rings. The van der Waals surface area contributed by atoms with E-state index in [4.69, 9.17) is 14.6 Å². The van der Waals surface area contributed by atoms with E-state index in [1.54, 1.807) is 0 Å². The van der Waals surface area contributed by atoms with Crippen LogP contribution in [-0.2, 0) is 38.1 Å². The van der Waals surface area contributed by atoms with Crippen LogP contribution in [-0.4, -0.2) is 64.2 Å². The third-order valence-electron chi connectivity index (χ3n) is 2.31. The normalized spacial score (nSPS) is 27.4.